The van der Waals surface area contributed by atoms with Crippen molar-refractivity contribution in [1.29, 1.82) is 0 Å². The second kappa shape index (κ2) is 5.15. The van der Waals surface area contributed by atoms with Gasteiger partial charge in [-0.05, 0) is 46.2 Å². The minimum atomic E-state index is -0.298. The Hall–Kier alpha value is -3.20. The number of hydrogen-bond acceptors (Lipinski definition) is 2. The van der Waals surface area contributed by atoms with Crippen LogP contribution >= 0.6 is 0 Å². The largest absolute Gasteiger partial charge is 0.288 e. The summed E-state index contributed by atoms with van der Waals surface area (Å²) in [5.41, 5.74) is 7.25. The summed E-state index contributed by atoms with van der Waals surface area (Å²) >= 11 is 0. The molecule has 1 aliphatic heterocycles. The van der Waals surface area contributed by atoms with E-state index >= 15 is 0 Å². The highest BCUT2D eigenvalue weighted by atomic mass is 16.2. The van der Waals surface area contributed by atoms with Gasteiger partial charge in [-0.3, -0.25) is 14.9 Å². The van der Waals surface area contributed by atoms with Crippen molar-refractivity contribution in [3.63, 3.8) is 0 Å². The number of hydrogen-bond donors (Lipinski definition) is 1. The Labute approximate surface area is 145 Å². The Morgan fingerprint density at radius 2 is 1.08 bits per heavy atom. The fraction of sp³-hybridized carbons (Fsp3) is 0.0909. The molecule has 0 bridgehead atoms. The Kier molecular flexibility index (Phi) is 2.92. The third-order valence-electron chi connectivity index (χ3n) is 5.14. The van der Waals surface area contributed by atoms with Crippen LogP contribution < -0.4 is 5.32 Å². The summed E-state index contributed by atoms with van der Waals surface area (Å²) in [6.07, 6.45) is 5.69. The SMILES string of the molecule is O=C1NC(=O)C(C2=CCc3ccccc32)=C1C1=CCc2ccccc21. The smallest absolute Gasteiger partial charge is 0.259 e. The third-order valence-corrected chi connectivity index (χ3v) is 5.14. The van der Waals surface area contributed by atoms with Crippen molar-refractivity contribution in [2.45, 2.75) is 12.8 Å². The molecule has 2 aliphatic carbocycles. The quantitative estimate of drug-likeness (QED) is 0.862. The van der Waals surface area contributed by atoms with E-state index in [1.54, 1.807) is 0 Å². The van der Waals surface area contributed by atoms with Crippen LogP contribution in [0.2, 0.25) is 0 Å². The molecule has 25 heavy (non-hydrogen) atoms. The maximum atomic E-state index is 12.6. The van der Waals surface area contributed by atoms with Gasteiger partial charge in [0.25, 0.3) is 11.8 Å². The van der Waals surface area contributed by atoms with Gasteiger partial charge in [-0.15, -0.1) is 0 Å². The lowest BCUT2D eigenvalue weighted by molar-refractivity contribution is -0.123. The molecule has 0 radical (unpaired) electrons. The monoisotopic (exact) mass is 325 g/mol. The highest BCUT2D eigenvalue weighted by molar-refractivity contribution is 6.32. The van der Waals surface area contributed by atoms with Crippen molar-refractivity contribution >= 4 is 23.0 Å². The molecule has 3 aliphatic rings. The molecule has 1 heterocycles. The summed E-state index contributed by atoms with van der Waals surface area (Å²) in [4.78, 5) is 25.2. The first kappa shape index (κ1) is 14.2. The Morgan fingerprint density at radius 1 is 0.640 bits per heavy atom. The number of imide groups is 1. The summed E-state index contributed by atoms with van der Waals surface area (Å²) in [6.45, 7) is 0. The van der Waals surface area contributed by atoms with Crippen molar-refractivity contribution in [2.24, 2.45) is 0 Å². The van der Waals surface area contributed by atoms with E-state index in [0.717, 1.165) is 35.1 Å². The summed E-state index contributed by atoms with van der Waals surface area (Å²) in [6, 6.07) is 16.1. The van der Waals surface area contributed by atoms with Gasteiger partial charge in [-0.1, -0.05) is 60.7 Å². The number of rotatable bonds is 2. The number of nitrogens with one attached hydrogen (secondary N) is 1. The third kappa shape index (κ3) is 1.99. The van der Waals surface area contributed by atoms with Crippen LogP contribution in [0.15, 0.2) is 71.8 Å². The average molecular weight is 325 g/mol. The first-order valence-electron chi connectivity index (χ1n) is 8.41. The molecule has 0 aromatic heterocycles. The van der Waals surface area contributed by atoms with Gasteiger partial charge >= 0.3 is 0 Å². The zero-order valence-corrected chi connectivity index (χ0v) is 13.5. The fourth-order valence-electron chi connectivity index (χ4n) is 4.01. The van der Waals surface area contributed by atoms with Gasteiger partial charge in [0, 0.05) is 0 Å². The van der Waals surface area contributed by atoms with Crippen LogP contribution in [0, 0.1) is 0 Å². The van der Waals surface area contributed by atoms with Crippen LogP contribution in [-0.4, -0.2) is 11.8 Å². The van der Waals surface area contributed by atoms with Crippen molar-refractivity contribution < 1.29 is 9.59 Å². The van der Waals surface area contributed by atoms with Gasteiger partial charge in [0.05, 0.1) is 11.1 Å². The predicted molar refractivity (Wildman–Crippen MR) is 96.4 cm³/mol. The maximum Gasteiger partial charge on any atom is 0.259 e. The molecule has 0 atom stereocenters. The molecule has 2 aromatic rings. The van der Waals surface area contributed by atoms with Crippen molar-refractivity contribution in [1.82, 2.24) is 5.32 Å². The fourth-order valence-corrected chi connectivity index (χ4v) is 4.01. The molecule has 1 N–H and O–H groups in total. The lowest BCUT2D eigenvalue weighted by atomic mass is 9.90. The average Bonchev–Trinajstić information content (AvgIpc) is 3.30. The first-order chi connectivity index (χ1) is 12.2. The minimum Gasteiger partial charge on any atom is -0.288 e. The van der Waals surface area contributed by atoms with Gasteiger partial charge < -0.3 is 0 Å². The van der Waals surface area contributed by atoms with Crippen LogP contribution in [0.3, 0.4) is 0 Å². The van der Waals surface area contributed by atoms with E-state index in [9.17, 15) is 9.59 Å². The van der Waals surface area contributed by atoms with E-state index in [-0.39, 0.29) is 11.8 Å². The van der Waals surface area contributed by atoms with Crippen molar-refractivity contribution in [2.75, 3.05) is 0 Å². The van der Waals surface area contributed by atoms with Crippen LogP contribution in [0.25, 0.3) is 11.1 Å². The Morgan fingerprint density at radius 3 is 1.56 bits per heavy atom. The molecule has 2 amide bonds. The molecule has 120 valence electrons. The summed E-state index contributed by atoms with van der Waals surface area (Å²) in [5.74, 6) is -0.596. The predicted octanol–water partition coefficient (Wildman–Crippen LogP) is 3.22. The van der Waals surface area contributed by atoms with Gasteiger partial charge in [0.1, 0.15) is 0 Å². The van der Waals surface area contributed by atoms with Gasteiger partial charge in [0.15, 0.2) is 0 Å². The molecule has 0 saturated carbocycles. The molecule has 0 fully saturated rings. The van der Waals surface area contributed by atoms with Gasteiger partial charge in [-0.25, -0.2) is 0 Å². The van der Waals surface area contributed by atoms with E-state index < -0.39 is 0 Å². The Bertz CT molecular complexity index is 970. The molecule has 0 spiro atoms. The summed E-state index contributed by atoms with van der Waals surface area (Å²) in [5, 5.41) is 2.50. The molecular formula is C22H15NO2. The van der Waals surface area contributed by atoms with Crippen LogP contribution in [0.5, 0.6) is 0 Å². The first-order valence-corrected chi connectivity index (χ1v) is 8.41. The number of benzene rings is 2. The van der Waals surface area contributed by atoms with E-state index in [1.807, 2.05) is 36.4 Å². The highest BCUT2D eigenvalue weighted by Gasteiger charge is 2.37. The van der Waals surface area contributed by atoms with E-state index in [0.29, 0.717) is 11.1 Å². The van der Waals surface area contributed by atoms with Crippen molar-refractivity contribution in [3.05, 3.63) is 94.1 Å². The van der Waals surface area contributed by atoms with Crippen LogP contribution in [-0.2, 0) is 22.4 Å². The molecular weight excluding hydrogens is 310 g/mol. The summed E-state index contributed by atoms with van der Waals surface area (Å²) in [7, 11) is 0. The van der Waals surface area contributed by atoms with E-state index in [2.05, 4.69) is 29.6 Å². The van der Waals surface area contributed by atoms with E-state index in [4.69, 9.17) is 0 Å². The second-order valence-corrected chi connectivity index (χ2v) is 6.49. The molecule has 0 saturated heterocycles. The highest BCUT2D eigenvalue weighted by Crippen LogP contribution is 2.42. The van der Waals surface area contributed by atoms with Gasteiger partial charge in [0.2, 0.25) is 0 Å². The molecule has 5 rings (SSSR count). The van der Waals surface area contributed by atoms with Crippen LogP contribution in [0.1, 0.15) is 22.3 Å². The number of fused-ring (bicyclic) bond motifs is 2. The topological polar surface area (TPSA) is 46.2 Å². The van der Waals surface area contributed by atoms with Gasteiger partial charge in [-0.2, -0.15) is 0 Å². The maximum absolute atomic E-state index is 12.6. The zero-order chi connectivity index (χ0) is 17.0. The molecule has 2 aromatic carbocycles. The molecule has 3 nitrogen and oxygen atoms in total. The minimum absolute atomic E-state index is 0.298. The van der Waals surface area contributed by atoms with E-state index in [1.165, 1.54) is 11.1 Å². The van der Waals surface area contributed by atoms with Crippen molar-refractivity contribution in [3.8, 4) is 0 Å². The normalized spacial score (nSPS) is 18.1. The lowest BCUT2D eigenvalue weighted by Gasteiger charge is -2.10. The second-order valence-electron chi connectivity index (χ2n) is 6.49. The molecule has 3 heteroatoms. The number of amides is 2. The van der Waals surface area contributed by atoms with Crippen LogP contribution in [0.4, 0.5) is 0 Å². The number of allylic oxidation sites excluding steroid dienone is 2. The lowest BCUT2D eigenvalue weighted by Crippen LogP contribution is -2.23. The zero-order valence-electron chi connectivity index (χ0n) is 13.5. The standard InChI is InChI=1S/C22H15NO2/c24-21-19(17-11-9-13-5-1-3-7-15(13)17)20(22(25)23-21)18-12-10-14-6-2-4-8-16(14)18/h1-8,11-12H,9-10H2,(H,23,24,25). The molecule has 0 unspecified atom stereocenters. The number of carbonyl (C=O) groups excluding carboxylic acids is 2. The summed E-state index contributed by atoms with van der Waals surface area (Å²) < 4.78 is 0. The Balaban J connectivity index is 1.72. The number of carbonyl (C=O) groups is 2.